The van der Waals surface area contributed by atoms with Crippen LogP contribution in [0.4, 0.5) is 0 Å². The maximum Gasteiger partial charge on any atom is 0.152 e. The molecule has 3 aromatic rings. The summed E-state index contributed by atoms with van der Waals surface area (Å²) in [6.07, 6.45) is 4.27. The van der Waals surface area contributed by atoms with E-state index < -0.39 is 0 Å². The molecular formula is C25H21BN3. The lowest BCUT2D eigenvalue weighted by Crippen LogP contribution is -2.35. The standard InChI is InChI=1S/C25H21BN3/c1-26-22-14-12-20(13-15-22)24-27-25-23(19-10-6-3-7-11-19)16-21(17-29(25)28-24)18-8-4-2-5-9-18/h2-17,24,28H,1H3. The third-order valence-corrected chi connectivity index (χ3v) is 5.33. The van der Waals surface area contributed by atoms with Crippen LogP contribution in [0.5, 0.6) is 0 Å². The van der Waals surface area contributed by atoms with Crippen LogP contribution in [0, 0.1) is 0 Å². The van der Waals surface area contributed by atoms with Gasteiger partial charge >= 0.3 is 0 Å². The van der Waals surface area contributed by atoms with Gasteiger partial charge in [-0.1, -0.05) is 97.2 Å². The van der Waals surface area contributed by atoms with Gasteiger partial charge in [-0.05, 0) is 22.8 Å². The van der Waals surface area contributed by atoms with E-state index in [2.05, 4.69) is 110 Å². The molecule has 5 rings (SSSR count). The minimum Gasteiger partial charge on any atom is -0.264 e. The fourth-order valence-corrected chi connectivity index (χ4v) is 3.74. The third kappa shape index (κ3) is 3.43. The maximum atomic E-state index is 5.03. The molecular weight excluding hydrogens is 353 g/mol. The van der Waals surface area contributed by atoms with Crippen LogP contribution >= 0.6 is 0 Å². The Morgan fingerprint density at radius 2 is 1.48 bits per heavy atom. The molecule has 1 radical (unpaired) electrons. The van der Waals surface area contributed by atoms with E-state index in [9.17, 15) is 0 Å². The van der Waals surface area contributed by atoms with Gasteiger partial charge < -0.3 is 0 Å². The monoisotopic (exact) mass is 374 g/mol. The highest BCUT2D eigenvalue weighted by molar-refractivity contribution is 6.51. The van der Waals surface area contributed by atoms with Gasteiger partial charge in [-0.15, -0.1) is 0 Å². The molecule has 2 aliphatic rings. The molecule has 3 aromatic carbocycles. The molecule has 2 aliphatic heterocycles. The van der Waals surface area contributed by atoms with E-state index in [1.54, 1.807) is 0 Å². The van der Waals surface area contributed by atoms with Crippen molar-refractivity contribution < 1.29 is 0 Å². The predicted octanol–water partition coefficient (Wildman–Crippen LogP) is 4.42. The molecule has 139 valence electrons. The second-order valence-electron chi connectivity index (χ2n) is 7.18. The molecule has 4 heteroatoms. The summed E-state index contributed by atoms with van der Waals surface area (Å²) in [5, 5.41) is 2.06. The number of benzene rings is 3. The summed E-state index contributed by atoms with van der Waals surface area (Å²) < 4.78 is 0. The average molecular weight is 374 g/mol. The van der Waals surface area contributed by atoms with Gasteiger partial charge in [-0.25, -0.2) is 4.99 Å². The number of rotatable bonds is 4. The van der Waals surface area contributed by atoms with E-state index in [0.29, 0.717) is 0 Å². The summed E-state index contributed by atoms with van der Waals surface area (Å²) in [6, 6.07) is 29.5. The van der Waals surface area contributed by atoms with Crippen LogP contribution in [0.15, 0.2) is 102 Å². The van der Waals surface area contributed by atoms with Crippen LogP contribution in [0.2, 0.25) is 6.82 Å². The van der Waals surface area contributed by atoms with Gasteiger partial charge in [0.2, 0.25) is 0 Å². The Morgan fingerprint density at radius 1 is 0.828 bits per heavy atom. The summed E-state index contributed by atoms with van der Waals surface area (Å²) >= 11 is 0. The van der Waals surface area contributed by atoms with Gasteiger partial charge in [0, 0.05) is 17.3 Å². The second kappa shape index (κ2) is 7.57. The van der Waals surface area contributed by atoms with E-state index in [0.717, 1.165) is 28.1 Å². The van der Waals surface area contributed by atoms with Crippen molar-refractivity contribution in [3.63, 3.8) is 0 Å². The highest BCUT2D eigenvalue weighted by atomic mass is 15.6. The van der Waals surface area contributed by atoms with Crippen molar-refractivity contribution in [1.29, 1.82) is 0 Å². The van der Waals surface area contributed by atoms with Crippen LogP contribution in [0.25, 0.3) is 11.1 Å². The first kappa shape index (κ1) is 17.7. The van der Waals surface area contributed by atoms with Crippen molar-refractivity contribution in [3.05, 3.63) is 114 Å². The zero-order valence-corrected chi connectivity index (χ0v) is 16.3. The Hall–Kier alpha value is -3.37. The molecule has 0 fully saturated rings. The summed E-state index contributed by atoms with van der Waals surface area (Å²) in [4.78, 5) is 5.03. The van der Waals surface area contributed by atoms with Crippen molar-refractivity contribution in [2.75, 3.05) is 0 Å². The Balaban J connectivity index is 1.56. The molecule has 2 heterocycles. The fourth-order valence-electron chi connectivity index (χ4n) is 3.74. The minimum absolute atomic E-state index is 0.102. The topological polar surface area (TPSA) is 27.6 Å². The number of hydrogen-bond acceptors (Lipinski definition) is 3. The van der Waals surface area contributed by atoms with E-state index in [1.807, 2.05) is 12.1 Å². The minimum atomic E-state index is -0.102. The van der Waals surface area contributed by atoms with Gasteiger partial charge in [-0.3, -0.25) is 5.01 Å². The number of fused-ring (bicyclic) bond motifs is 1. The number of hydrazine groups is 1. The Bertz CT molecular complexity index is 1100. The molecule has 0 aliphatic carbocycles. The first-order valence-electron chi connectivity index (χ1n) is 9.89. The lowest BCUT2D eigenvalue weighted by molar-refractivity contribution is 0.388. The number of allylic oxidation sites excluding steroid dienone is 2. The zero-order valence-electron chi connectivity index (χ0n) is 16.3. The van der Waals surface area contributed by atoms with Gasteiger partial charge in [0.15, 0.2) is 5.84 Å². The number of hydrogen-bond donors (Lipinski definition) is 1. The lowest BCUT2D eigenvalue weighted by Gasteiger charge is -2.25. The first-order valence-corrected chi connectivity index (χ1v) is 9.89. The molecule has 0 spiro atoms. The number of nitrogens with one attached hydrogen (secondary N) is 1. The quantitative estimate of drug-likeness (QED) is 0.685. The number of nitrogens with zero attached hydrogens (tertiary/aromatic N) is 2. The van der Waals surface area contributed by atoms with Crippen LogP contribution in [-0.2, 0) is 0 Å². The Kier molecular flexibility index (Phi) is 4.62. The van der Waals surface area contributed by atoms with Crippen molar-refractivity contribution in [2.24, 2.45) is 4.99 Å². The van der Waals surface area contributed by atoms with Crippen molar-refractivity contribution in [1.82, 2.24) is 10.4 Å². The van der Waals surface area contributed by atoms with Gasteiger partial charge in [0.05, 0.1) is 0 Å². The molecule has 1 N–H and O–H groups in total. The molecule has 0 bridgehead atoms. The largest absolute Gasteiger partial charge is 0.264 e. The van der Waals surface area contributed by atoms with Gasteiger partial charge in [0.1, 0.15) is 13.4 Å². The Labute approximate surface area is 172 Å². The summed E-state index contributed by atoms with van der Waals surface area (Å²) in [7, 11) is 2.10. The summed E-state index contributed by atoms with van der Waals surface area (Å²) in [6.45, 7) is 2.05. The van der Waals surface area contributed by atoms with Crippen LogP contribution < -0.4 is 10.9 Å². The SMILES string of the molecule is C[B]c1ccc(C2N=C3C(c4ccccc4)=CC(c4ccccc4)=CN3N2)cc1. The van der Waals surface area contributed by atoms with Crippen LogP contribution in [-0.4, -0.2) is 18.1 Å². The summed E-state index contributed by atoms with van der Waals surface area (Å²) in [5.74, 6) is 0.951. The van der Waals surface area contributed by atoms with Gasteiger partial charge in [0.25, 0.3) is 0 Å². The molecule has 0 amide bonds. The molecule has 0 saturated heterocycles. The van der Waals surface area contributed by atoms with E-state index in [4.69, 9.17) is 4.99 Å². The highest BCUT2D eigenvalue weighted by Crippen LogP contribution is 2.34. The zero-order chi connectivity index (χ0) is 19.6. The predicted molar refractivity (Wildman–Crippen MR) is 122 cm³/mol. The lowest BCUT2D eigenvalue weighted by atomic mass is 9.73. The maximum absolute atomic E-state index is 5.03. The Morgan fingerprint density at radius 3 is 2.14 bits per heavy atom. The van der Waals surface area contributed by atoms with Crippen molar-refractivity contribution in [3.8, 4) is 0 Å². The number of amidine groups is 1. The van der Waals surface area contributed by atoms with E-state index in [1.165, 1.54) is 11.0 Å². The molecule has 1 atom stereocenters. The number of aliphatic imine (C=N–C) groups is 1. The third-order valence-electron chi connectivity index (χ3n) is 5.33. The van der Waals surface area contributed by atoms with Crippen LogP contribution in [0.3, 0.4) is 0 Å². The first-order chi connectivity index (χ1) is 14.3. The normalized spacial score (nSPS) is 17.9. The van der Waals surface area contributed by atoms with E-state index >= 15 is 0 Å². The smallest absolute Gasteiger partial charge is 0.152 e. The fraction of sp³-hybridized carbons (Fsp3) is 0.0800. The van der Waals surface area contributed by atoms with Crippen molar-refractivity contribution in [2.45, 2.75) is 13.0 Å². The molecule has 29 heavy (non-hydrogen) atoms. The second-order valence-corrected chi connectivity index (χ2v) is 7.18. The molecule has 0 aromatic heterocycles. The molecule has 0 saturated carbocycles. The average Bonchev–Trinajstić information content (AvgIpc) is 3.24. The summed E-state index contributed by atoms with van der Waals surface area (Å²) in [5.41, 5.74) is 10.6. The van der Waals surface area contributed by atoms with Crippen LogP contribution in [0.1, 0.15) is 22.9 Å². The van der Waals surface area contributed by atoms with Gasteiger partial charge in [-0.2, -0.15) is 5.43 Å². The van der Waals surface area contributed by atoms with Crippen molar-refractivity contribution >= 4 is 29.7 Å². The molecule has 1 unspecified atom stereocenters. The molecule has 3 nitrogen and oxygen atoms in total. The van der Waals surface area contributed by atoms with E-state index in [-0.39, 0.29) is 6.17 Å². The highest BCUT2D eigenvalue weighted by Gasteiger charge is 2.30.